The van der Waals surface area contributed by atoms with Crippen molar-refractivity contribution in [1.29, 1.82) is 0 Å². The van der Waals surface area contributed by atoms with Gasteiger partial charge in [-0.15, -0.1) is 0 Å². The molecule has 1 aromatic carbocycles. The highest BCUT2D eigenvalue weighted by Crippen LogP contribution is 2.30. The number of para-hydroxylation sites is 1. The number of rotatable bonds is 3. The largest absolute Gasteiger partial charge is 0.496 e. The highest BCUT2D eigenvalue weighted by atomic mass is 16.5. The minimum atomic E-state index is -0.459. The number of fused-ring (bicyclic) bond motifs is 1. The number of pyridine rings is 1. The summed E-state index contributed by atoms with van der Waals surface area (Å²) in [4.78, 5) is 16.1. The summed E-state index contributed by atoms with van der Waals surface area (Å²) in [5, 5.41) is 0.904. The summed E-state index contributed by atoms with van der Waals surface area (Å²) in [7, 11) is 2.92. The summed E-state index contributed by atoms with van der Waals surface area (Å²) in [5.74, 6) is 0.487. The van der Waals surface area contributed by atoms with Crippen molar-refractivity contribution in [2.45, 2.75) is 19.8 Å². The SMILES string of the molecule is COC(=O)c1cc(OC)c2cccc(C(C)C)c2n1. The lowest BCUT2D eigenvalue weighted by molar-refractivity contribution is 0.0594. The zero-order chi connectivity index (χ0) is 14.0. The van der Waals surface area contributed by atoms with Crippen LogP contribution >= 0.6 is 0 Å². The van der Waals surface area contributed by atoms with Crippen LogP contribution in [-0.2, 0) is 4.74 Å². The Kier molecular flexibility index (Phi) is 3.69. The van der Waals surface area contributed by atoms with Gasteiger partial charge in [-0.3, -0.25) is 0 Å². The number of nitrogens with zero attached hydrogens (tertiary/aromatic N) is 1. The van der Waals surface area contributed by atoms with Gasteiger partial charge < -0.3 is 9.47 Å². The summed E-state index contributed by atoms with van der Waals surface area (Å²) in [6.07, 6.45) is 0. The van der Waals surface area contributed by atoms with E-state index in [0.717, 1.165) is 16.5 Å². The molecule has 19 heavy (non-hydrogen) atoms. The molecular weight excluding hydrogens is 242 g/mol. The van der Waals surface area contributed by atoms with Crippen molar-refractivity contribution >= 4 is 16.9 Å². The molecule has 0 atom stereocenters. The highest BCUT2D eigenvalue weighted by Gasteiger charge is 2.15. The Morgan fingerprint density at radius 1 is 1.26 bits per heavy atom. The number of hydrogen-bond donors (Lipinski definition) is 0. The highest BCUT2D eigenvalue weighted by molar-refractivity contribution is 5.95. The molecule has 0 bridgehead atoms. The maximum atomic E-state index is 11.7. The molecule has 0 aliphatic heterocycles. The summed E-state index contributed by atoms with van der Waals surface area (Å²) in [6.45, 7) is 4.18. The van der Waals surface area contributed by atoms with Crippen molar-refractivity contribution in [3.63, 3.8) is 0 Å². The summed E-state index contributed by atoms with van der Waals surface area (Å²) >= 11 is 0. The lowest BCUT2D eigenvalue weighted by Crippen LogP contribution is -2.06. The summed E-state index contributed by atoms with van der Waals surface area (Å²) < 4.78 is 10.1. The normalized spacial score (nSPS) is 10.8. The van der Waals surface area contributed by atoms with Gasteiger partial charge in [-0.05, 0) is 17.5 Å². The van der Waals surface area contributed by atoms with E-state index in [2.05, 4.69) is 18.8 Å². The fraction of sp³-hybridized carbons (Fsp3) is 0.333. The first-order valence-corrected chi connectivity index (χ1v) is 6.14. The van der Waals surface area contributed by atoms with E-state index in [-0.39, 0.29) is 5.69 Å². The quantitative estimate of drug-likeness (QED) is 0.794. The fourth-order valence-electron chi connectivity index (χ4n) is 2.08. The standard InChI is InChI=1S/C15H17NO3/c1-9(2)10-6-5-7-11-13(18-3)8-12(15(17)19-4)16-14(10)11/h5-9H,1-4H3. The molecule has 0 radical (unpaired) electrons. The Bertz CT molecular complexity index is 620. The Balaban J connectivity index is 2.78. The van der Waals surface area contributed by atoms with E-state index in [9.17, 15) is 4.79 Å². The van der Waals surface area contributed by atoms with Gasteiger partial charge in [-0.1, -0.05) is 26.0 Å². The predicted molar refractivity (Wildman–Crippen MR) is 73.7 cm³/mol. The Morgan fingerprint density at radius 2 is 2.00 bits per heavy atom. The van der Waals surface area contributed by atoms with Crippen LogP contribution in [0.15, 0.2) is 24.3 Å². The number of benzene rings is 1. The van der Waals surface area contributed by atoms with Gasteiger partial charge in [0.2, 0.25) is 0 Å². The van der Waals surface area contributed by atoms with Crippen molar-refractivity contribution in [1.82, 2.24) is 4.98 Å². The van der Waals surface area contributed by atoms with Gasteiger partial charge in [0.05, 0.1) is 19.7 Å². The lowest BCUT2D eigenvalue weighted by atomic mass is 9.99. The average Bonchev–Trinajstić information content (AvgIpc) is 2.44. The first-order chi connectivity index (χ1) is 9.08. The minimum absolute atomic E-state index is 0.264. The topological polar surface area (TPSA) is 48.4 Å². The third kappa shape index (κ3) is 2.38. The van der Waals surface area contributed by atoms with Crippen LogP contribution in [0.4, 0.5) is 0 Å². The van der Waals surface area contributed by atoms with Crippen LogP contribution in [0.25, 0.3) is 10.9 Å². The van der Waals surface area contributed by atoms with Crippen molar-refractivity contribution in [2.24, 2.45) is 0 Å². The maximum Gasteiger partial charge on any atom is 0.356 e. The summed E-state index contributed by atoms with van der Waals surface area (Å²) in [5.41, 5.74) is 2.14. The molecular formula is C15H17NO3. The van der Waals surface area contributed by atoms with E-state index in [1.54, 1.807) is 13.2 Å². The Labute approximate surface area is 112 Å². The Hall–Kier alpha value is -2.10. The van der Waals surface area contributed by atoms with Gasteiger partial charge >= 0.3 is 5.97 Å². The van der Waals surface area contributed by atoms with E-state index in [1.807, 2.05) is 18.2 Å². The van der Waals surface area contributed by atoms with Gasteiger partial charge in [0.15, 0.2) is 5.69 Å². The van der Waals surface area contributed by atoms with Crippen LogP contribution in [0.3, 0.4) is 0 Å². The maximum absolute atomic E-state index is 11.7. The van der Waals surface area contributed by atoms with Crippen LogP contribution < -0.4 is 4.74 Å². The molecule has 4 nitrogen and oxygen atoms in total. The van der Waals surface area contributed by atoms with Gasteiger partial charge in [-0.25, -0.2) is 9.78 Å². The van der Waals surface area contributed by atoms with Gasteiger partial charge in [0.1, 0.15) is 5.75 Å². The van der Waals surface area contributed by atoms with Crippen molar-refractivity contribution < 1.29 is 14.3 Å². The zero-order valence-corrected chi connectivity index (χ0v) is 11.6. The van der Waals surface area contributed by atoms with Crippen LogP contribution in [0.1, 0.15) is 35.8 Å². The Morgan fingerprint density at radius 3 is 2.58 bits per heavy atom. The molecule has 0 spiro atoms. The minimum Gasteiger partial charge on any atom is -0.496 e. The van der Waals surface area contributed by atoms with E-state index in [4.69, 9.17) is 9.47 Å². The van der Waals surface area contributed by atoms with E-state index < -0.39 is 5.97 Å². The molecule has 0 aliphatic carbocycles. The number of carbonyl (C=O) groups excluding carboxylic acids is 1. The first-order valence-electron chi connectivity index (χ1n) is 6.14. The molecule has 2 aromatic rings. The van der Waals surface area contributed by atoms with Gasteiger partial charge in [-0.2, -0.15) is 0 Å². The number of carbonyl (C=O) groups is 1. The van der Waals surface area contributed by atoms with Crippen LogP contribution in [-0.4, -0.2) is 25.2 Å². The van der Waals surface area contributed by atoms with Crippen LogP contribution in [0.5, 0.6) is 5.75 Å². The molecule has 2 rings (SSSR count). The van der Waals surface area contributed by atoms with Crippen molar-refractivity contribution in [3.8, 4) is 5.75 Å². The van der Waals surface area contributed by atoms with E-state index in [1.165, 1.54) is 7.11 Å². The van der Waals surface area contributed by atoms with Gasteiger partial charge in [0, 0.05) is 11.5 Å². The van der Waals surface area contributed by atoms with Crippen LogP contribution in [0, 0.1) is 0 Å². The second-order valence-electron chi connectivity index (χ2n) is 4.60. The number of hydrogen-bond acceptors (Lipinski definition) is 4. The molecule has 0 fully saturated rings. The third-order valence-corrected chi connectivity index (χ3v) is 3.07. The van der Waals surface area contributed by atoms with Gasteiger partial charge in [0.25, 0.3) is 0 Å². The lowest BCUT2D eigenvalue weighted by Gasteiger charge is -2.12. The monoisotopic (exact) mass is 259 g/mol. The molecule has 0 unspecified atom stereocenters. The molecule has 0 saturated heterocycles. The molecule has 1 aromatic heterocycles. The number of ether oxygens (including phenoxy) is 2. The number of esters is 1. The van der Waals surface area contributed by atoms with Crippen LogP contribution in [0.2, 0.25) is 0 Å². The molecule has 4 heteroatoms. The molecule has 0 saturated carbocycles. The smallest absolute Gasteiger partial charge is 0.356 e. The molecule has 0 aliphatic rings. The molecule has 0 amide bonds. The average molecular weight is 259 g/mol. The second-order valence-corrected chi connectivity index (χ2v) is 4.60. The molecule has 100 valence electrons. The third-order valence-electron chi connectivity index (χ3n) is 3.07. The predicted octanol–water partition coefficient (Wildman–Crippen LogP) is 3.15. The second kappa shape index (κ2) is 5.26. The van der Waals surface area contributed by atoms with E-state index >= 15 is 0 Å². The number of methoxy groups -OCH3 is 2. The van der Waals surface area contributed by atoms with Crippen molar-refractivity contribution in [2.75, 3.05) is 14.2 Å². The molecule has 1 heterocycles. The fourth-order valence-corrected chi connectivity index (χ4v) is 2.08. The summed E-state index contributed by atoms with van der Waals surface area (Å²) in [6, 6.07) is 7.53. The zero-order valence-electron chi connectivity index (χ0n) is 11.6. The van der Waals surface area contributed by atoms with Crippen molar-refractivity contribution in [3.05, 3.63) is 35.5 Å². The van der Waals surface area contributed by atoms with E-state index in [0.29, 0.717) is 11.7 Å². The number of aromatic nitrogens is 1. The first kappa shape index (κ1) is 13.3. The molecule has 0 N–H and O–H groups in total.